The summed E-state index contributed by atoms with van der Waals surface area (Å²) in [5.74, 6) is -0.938. The average molecular weight is 569 g/mol. The Morgan fingerprint density at radius 1 is 0.919 bits per heavy atom. The minimum atomic E-state index is -1.58. The van der Waals surface area contributed by atoms with Crippen LogP contribution in [0.15, 0.2) is 46.9 Å². The number of esters is 2. The molecule has 37 heavy (non-hydrogen) atoms. The van der Waals surface area contributed by atoms with E-state index in [-0.39, 0.29) is 30.0 Å². The van der Waals surface area contributed by atoms with Gasteiger partial charge in [0, 0.05) is 21.7 Å². The highest BCUT2D eigenvalue weighted by Gasteiger charge is 2.71. The van der Waals surface area contributed by atoms with Crippen molar-refractivity contribution in [3.63, 3.8) is 0 Å². The molecule has 0 bridgehead atoms. The van der Waals surface area contributed by atoms with Crippen LogP contribution in [-0.4, -0.2) is 39.1 Å². The molecule has 0 aromatic heterocycles. The van der Waals surface area contributed by atoms with Crippen LogP contribution < -0.4 is 4.74 Å². The number of rotatable bonds is 5. The molecule has 2 saturated carbocycles. The Morgan fingerprint density at radius 2 is 1.59 bits per heavy atom. The lowest BCUT2D eigenvalue weighted by Crippen LogP contribution is -2.62. The third-order valence-electron chi connectivity index (χ3n) is 9.50. The number of benzene rings is 2. The van der Waals surface area contributed by atoms with E-state index in [4.69, 9.17) is 14.2 Å². The average Bonchev–Trinajstić information content (AvgIpc) is 3.31. The van der Waals surface area contributed by atoms with Crippen molar-refractivity contribution >= 4 is 33.7 Å². The van der Waals surface area contributed by atoms with Crippen LogP contribution in [0.4, 0.5) is 0 Å². The number of hydrogen-bond donors (Lipinski definition) is 0. The number of carbonyl (C=O) groups excluding carboxylic acids is 3. The molecule has 2 fully saturated rings. The van der Waals surface area contributed by atoms with Crippen LogP contribution in [0.3, 0.4) is 0 Å². The van der Waals surface area contributed by atoms with Gasteiger partial charge in [-0.1, -0.05) is 34.1 Å². The summed E-state index contributed by atoms with van der Waals surface area (Å²) in [5.41, 5.74) is 0.785. The maximum Gasteiger partial charge on any atom is 0.323 e. The van der Waals surface area contributed by atoms with Gasteiger partial charge < -0.3 is 14.2 Å². The van der Waals surface area contributed by atoms with Crippen molar-refractivity contribution in [2.24, 2.45) is 23.2 Å². The van der Waals surface area contributed by atoms with Crippen LogP contribution in [0.1, 0.15) is 55.2 Å². The fraction of sp³-hybridized carbons (Fsp3) is 0.500. The van der Waals surface area contributed by atoms with Crippen LogP contribution in [0, 0.1) is 23.2 Å². The number of Topliss-reactive ketones (excluding diaryl/α,β-unsaturated/α-hetero) is 1. The van der Waals surface area contributed by atoms with Crippen LogP contribution >= 0.6 is 15.9 Å². The lowest BCUT2D eigenvalue weighted by atomic mass is 9.43. The van der Waals surface area contributed by atoms with Crippen molar-refractivity contribution in [3.8, 4) is 5.75 Å². The van der Waals surface area contributed by atoms with Gasteiger partial charge in [0.1, 0.15) is 11.5 Å². The van der Waals surface area contributed by atoms with Crippen LogP contribution in [-0.2, 0) is 35.7 Å². The quantitative estimate of drug-likeness (QED) is 0.355. The van der Waals surface area contributed by atoms with Gasteiger partial charge in [0.25, 0.3) is 0 Å². The minimum Gasteiger partial charge on any atom is -0.497 e. The van der Waals surface area contributed by atoms with Crippen molar-refractivity contribution in [1.29, 1.82) is 0 Å². The SMILES string of the molecule is COC(=O)C1(C(=O)OC)C[C@]2(c3ccc(Br)cc3)[C@@H](C(C)=O)CC[C@@H]2[C@@H]2CCc3cc(OC)ccc3[C@H]21. The highest BCUT2D eigenvalue weighted by atomic mass is 79.9. The summed E-state index contributed by atoms with van der Waals surface area (Å²) in [6.07, 6.45) is 3.37. The second kappa shape index (κ2) is 9.57. The third-order valence-corrected chi connectivity index (χ3v) is 10.0. The zero-order chi connectivity index (χ0) is 26.5. The van der Waals surface area contributed by atoms with E-state index in [2.05, 4.69) is 15.9 Å². The fourth-order valence-electron chi connectivity index (χ4n) is 8.24. The molecule has 0 unspecified atom stereocenters. The summed E-state index contributed by atoms with van der Waals surface area (Å²) in [7, 11) is 4.29. The summed E-state index contributed by atoms with van der Waals surface area (Å²) >= 11 is 3.53. The summed E-state index contributed by atoms with van der Waals surface area (Å²) in [6.45, 7) is 1.64. The highest BCUT2D eigenvalue weighted by molar-refractivity contribution is 9.10. The molecule has 6 nitrogen and oxygen atoms in total. The van der Waals surface area contributed by atoms with E-state index in [1.807, 2.05) is 42.5 Å². The molecule has 2 aromatic rings. The molecule has 5 rings (SSSR count). The van der Waals surface area contributed by atoms with Crippen LogP contribution in [0.25, 0.3) is 0 Å². The summed E-state index contributed by atoms with van der Waals surface area (Å²) in [5, 5.41) is 0. The molecule has 196 valence electrons. The van der Waals surface area contributed by atoms with Crippen molar-refractivity contribution in [3.05, 3.63) is 63.6 Å². The van der Waals surface area contributed by atoms with Gasteiger partial charge in [-0.2, -0.15) is 0 Å². The Kier molecular flexibility index (Phi) is 6.71. The topological polar surface area (TPSA) is 78.9 Å². The van der Waals surface area contributed by atoms with Crippen LogP contribution in [0.2, 0.25) is 0 Å². The molecule has 3 aliphatic rings. The third kappa shape index (κ3) is 3.68. The number of fused-ring (bicyclic) bond motifs is 5. The zero-order valence-corrected chi connectivity index (χ0v) is 23.3. The molecular weight excluding hydrogens is 536 g/mol. The molecule has 3 aliphatic carbocycles. The monoisotopic (exact) mass is 568 g/mol. The Balaban J connectivity index is 1.81. The predicted octanol–water partition coefficient (Wildman–Crippen LogP) is 5.39. The maximum absolute atomic E-state index is 13.9. The lowest BCUT2D eigenvalue weighted by Gasteiger charge is -2.58. The normalized spacial score (nSPS) is 29.3. The molecule has 0 spiro atoms. The van der Waals surface area contributed by atoms with E-state index in [0.717, 1.165) is 52.6 Å². The molecule has 0 radical (unpaired) electrons. The first kappa shape index (κ1) is 26.0. The Bertz CT molecular complexity index is 1220. The second-order valence-electron chi connectivity index (χ2n) is 10.8. The minimum absolute atomic E-state index is 0.000779. The van der Waals surface area contributed by atoms with Gasteiger partial charge in [-0.15, -0.1) is 0 Å². The fourth-order valence-corrected chi connectivity index (χ4v) is 8.51. The molecular formula is C30H33BrO6. The van der Waals surface area contributed by atoms with E-state index in [9.17, 15) is 14.4 Å². The molecule has 0 amide bonds. The Labute approximate surface area is 226 Å². The van der Waals surface area contributed by atoms with Gasteiger partial charge in [0.15, 0.2) is 5.41 Å². The summed E-state index contributed by atoms with van der Waals surface area (Å²) < 4.78 is 17.2. The van der Waals surface area contributed by atoms with Gasteiger partial charge in [0.2, 0.25) is 0 Å². The maximum atomic E-state index is 13.9. The second-order valence-corrected chi connectivity index (χ2v) is 11.7. The first-order valence-corrected chi connectivity index (χ1v) is 13.6. The molecule has 7 heteroatoms. The van der Waals surface area contributed by atoms with Gasteiger partial charge in [0.05, 0.1) is 21.3 Å². The number of carbonyl (C=O) groups is 3. The van der Waals surface area contributed by atoms with Gasteiger partial charge in [-0.25, -0.2) is 0 Å². The Hall–Kier alpha value is -2.67. The van der Waals surface area contributed by atoms with Gasteiger partial charge >= 0.3 is 11.9 Å². The number of halogens is 1. The number of ether oxygens (including phenoxy) is 3. The predicted molar refractivity (Wildman–Crippen MR) is 141 cm³/mol. The highest BCUT2D eigenvalue weighted by Crippen LogP contribution is 2.69. The summed E-state index contributed by atoms with van der Waals surface area (Å²) in [4.78, 5) is 41.1. The first-order valence-electron chi connectivity index (χ1n) is 12.8. The van der Waals surface area contributed by atoms with Crippen molar-refractivity contribution < 1.29 is 28.6 Å². The lowest BCUT2D eigenvalue weighted by molar-refractivity contribution is -0.182. The molecule has 0 heterocycles. The molecule has 0 saturated heterocycles. The first-order chi connectivity index (χ1) is 17.7. The molecule has 2 aromatic carbocycles. The molecule has 0 aliphatic heterocycles. The number of methoxy groups -OCH3 is 3. The van der Waals surface area contributed by atoms with Crippen LogP contribution in [0.5, 0.6) is 5.75 Å². The molecule has 5 atom stereocenters. The Morgan fingerprint density at radius 3 is 2.19 bits per heavy atom. The largest absolute Gasteiger partial charge is 0.497 e. The van der Waals surface area contributed by atoms with E-state index >= 15 is 0 Å². The van der Waals surface area contributed by atoms with E-state index < -0.39 is 28.7 Å². The van der Waals surface area contributed by atoms with Crippen molar-refractivity contribution in [2.75, 3.05) is 21.3 Å². The van der Waals surface area contributed by atoms with E-state index in [0.29, 0.717) is 0 Å². The number of aryl methyl sites for hydroxylation is 1. The van der Waals surface area contributed by atoms with Crippen molar-refractivity contribution in [1.82, 2.24) is 0 Å². The summed E-state index contributed by atoms with van der Waals surface area (Å²) in [6, 6.07) is 13.9. The van der Waals surface area contributed by atoms with Crippen molar-refractivity contribution in [2.45, 2.75) is 50.4 Å². The smallest absolute Gasteiger partial charge is 0.323 e. The van der Waals surface area contributed by atoms with E-state index in [1.165, 1.54) is 14.2 Å². The molecule has 0 N–H and O–H groups in total. The van der Waals surface area contributed by atoms with E-state index in [1.54, 1.807) is 14.0 Å². The number of hydrogen-bond acceptors (Lipinski definition) is 6. The zero-order valence-electron chi connectivity index (χ0n) is 21.7. The number of ketones is 1. The van der Waals surface area contributed by atoms with Gasteiger partial charge in [-0.05, 0) is 91.8 Å². The standard InChI is InChI=1S/C30H33BrO6/c1-17(32)24-13-14-25-23-11-5-18-15-21(35-2)10-12-22(18)26(23)30(27(33)36-3,28(34)37-4)16-29(24,25)19-6-8-20(31)9-7-19/h6-10,12,15,23-26H,5,11,13-14,16H2,1-4H3/t23-,24+,25+,26+,29-/m0/s1. The van der Waals surface area contributed by atoms with Gasteiger partial charge in [-0.3, -0.25) is 14.4 Å².